The van der Waals surface area contributed by atoms with Crippen LogP contribution >= 0.6 is 22.9 Å². The van der Waals surface area contributed by atoms with Crippen molar-refractivity contribution in [2.24, 2.45) is 0 Å². The number of pyridine rings is 2. The van der Waals surface area contributed by atoms with Crippen LogP contribution in [0.3, 0.4) is 0 Å². The number of hydrogen-bond acceptors (Lipinski definition) is 8. The SMILES string of the molecule is Cc1c(-c2nc3c(s2)CN(C(=O)CN2CCCC2)C3)cccc1-c1cccc(Nc2nccc3cc(CN4CCCC4)cnc23)c1Cl. The molecule has 0 bridgehead atoms. The van der Waals surface area contributed by atoms with E-state index in [-0.39, 0.29) is 5.91 Å². The van der Waals surface area contributed by atoms with Crippen molar-refractivity contribution in [2.75, 3.05) is 38.0 Å². The molecule has 8 nitrogen and oxygen atoms in total. The number of anilines is 2. The lowest BCUT2D eigenvalue weighted by molar-refractivity contribution is -0.132. The quantitative estimate of drug-likeness (QED) is 0.183. The lowest BCUT2D eigenvalue weighted by Crippen LogP contribution is -2.36. The fourth-order valence-electron chi connectivity index (χ4n) is 7.17. The first-order valence-corrected chi connectivity index (χ1v) is 17.8. The highest BCUT2D eigenvalue weighted by Gasteiger charge is 2.29. The molecule has 1 N–H and O–H groups in total. The molecule has 1 amide bonds. The number of rotatable bonds is 8. The summed E-state index contributed by atoms with van der Waals surface area (Å²) in [6, 6.07) is 16.6. The number of hydrogen-bond donors (Lipinski definition) is 1. The smallest absolute Gasteiger partial charge is 0.237 e. The van der Waals surface area contributed by atoms with Crippen molar-refractivity contribution in [1.82, 2.24) is 29.7 Å². The molecule has 10 heteroatoms. The van der Waals surface area contributed by atoms with Gasteiger partial charge in [-0.2, -0.15) is 0 Å². The Morgan fingerprint density at radius 1 is 0.915 bits per heavy atom. The number of benzene rings is 2. The van der Waals surface area contributed by atoms with Crippen LogP contribution in [0.1, 0.15) is 47.4 Å². The largest absolute Gasteiger partial charge is 0.337 e. The van der Waals surface area contributed by atoms with Crippen LogP contribution in [0.2, 0.25) is 5.02 Å². The first kappa shape index (κ1) is 30.4. The van der Waals surface area contributed by atoms with Crippen LogP contribution in [-0.4, -0.2) is 68.3 Å². The van der Waals surface area contributed by atoms with Crippen LogP contribution in [0, 0.1) is 6.92 Å². The number of aromatic nitrogens is 3. The molecule has 2 saturated heterocycles. The third-order valence-electron chi connectivity index (χ3n) is 9.73. The van der Waals surface area contributed by atoms with Crippen LogP contribution in [0.15, 0.2) is 60.9 Å². The third kappa shape index (κ3) is 6.13. The molecule has 0 unspecified atom stereocenters. The Bertz CT molecular complexity index is 1940. The highest BCUT2D eigenvalue weighted by Crippen LogP contribution is 2.41. The molecule has 2 aromatic carbocycles. The van der Waals surface area contributed by atoms with E-state index < -0.39 is 0 Å². The van der Waals surface area contributed by atoms with Gasteiger partial charge in [-0.25, -0.2) is 9.97 Å². The van der Waals surface area contributed by atoms with Gasteiger partial charge >= 0.3 is 0 Å². The van der Waals surface area contributed by atoms with Crippen LogP contribution < -0.4 is 5.32 Å². The number of nitrogens with one attached hydrogen (secondary N) is 1. The van der Waals surface area contributed by atoms with Gasteiger partial charge in [-0.1, -0.05) is 41.9 Å². The molecule has 47 heavy (non-hydrogen) atoms. The summed E-state index contributed by atoms with van der Waals surface area (Å²) in [5.41, 5.74) is 8.07. The molecule has 0 saturated carbocycles. The highest BCUT2D eigenvalue weighted by atomic mass is 35.5. The molecule has 3 aliphatic rings. The van der Waals surface area contributed by atoms with Crippen LogP contribution in [0.25, 0.3) is 32.6 Å². The second-order valence-electron chi connectivity index (χ2n) is 13.0. The number of thiazole rings is 1. The summed E-state index contributed by atoms with van der Waals surface area (Å²) < 4.78 is 0. The summed E-state index contributed by atoms with van der Waals surface area (Å²) in [7, 11) is 0. The number of nitrogens with zero attached hydrogens (tertiary/aromatic N) is 6. The summed E-state index contributed by atoms with van der Waals surface area (Å²) in [6.07, 6.45) is 8.72. The van der Waals surface area contributed by atoms with Gasteiger partial charge < -0.3 is 10.2 Å². The lowest BCUT2D eigenvalue weighted by atomic mass is 9.96. The number of carbonyl (C=O) groups excluding carboxylic acids is 1. The average molecular weight is 664 g/mol. The fourth-order valence-corrected chi connectivity index (χ4v) is 8.61. The van der Waals surface area contributed by atoms with E-state index in [0.717, 1.165) is 82.3 Å². The predicted molar refractivity (Wildman–Crippen MR) is 190 cm³/mol. The maximum atomic E-state index is 12.9. The summed E-state index contributed by atoms with van der Waals surface area (Å²) in [6.45, 7) is 9.19. The van der Waals surface area contributed by atoms with E-state index in [1.165, 1.54) is 36.1 Å². The molecular formula is C37H38ClN7OS. The zero-order chi connectivity index (χ0) is 31.9. The average Bonchev–Trinajstić information content (AvgIpc) is 3.89. The van der Waals surface area contributed by atoms with Gasteiger partial charge in [0.1, 0.15) is 10.5 Å². The number of halogens is 1. The standard InChI is InChI=1S/C37H38ClN7OS/c1-24-27(8-6-9-28(24)37-42-31-21-45(22-32(31)47-37)33(46)23-44-16-4-5-17-44)29-10-7-11-30(34(29)38)41-36-35-26(12-13-39-36)18-25(19-40-35)20-43-14-2-3-15-43/h6-13,18-19H,2-5,14-17,20-23H2,1H3,(H,39,41). The number of carbonyl (C=O) groups is 1. The van der Waals surface area contributed by atoms with Crippen molar-refractivity contribution in [3.8, 4) is 21.7 Å². The molecular weight excluding hydrogens is 626 g/mol. The van der Waals surface area contributed by atoms with Crippen LogP contribution in [-0.2, 0) is 24.4 Å². The van der Waals surface area contributed by atoms with Gasteiger partial charge in [0, 0.05) is 40.3 Å². The minimum atomic E-state index is 0.205. The number of fused-ring (bicyclic) bond motifs is 2. The topological polar surface area (TPSA) is 77.5 Å². The minimum absolute atomic E-state index is 0.205. The molecule has 240 valence electrons. The van der Waals surface area contributed by atoms with Crippen molar-refractivity contribution in [1.29, 1.82) is 0 Å². The molecule has 3 aromatic heterocycles. The first-order chi connectivity index (χ1) is 23.0. The van der Waals surface area contributed by atoms with Crippen molar-refractivity contribution >= 4 is 51.3 Å². The van der Waals surface area contributed by atoms with E-state index in [4.69, 9.17) is 21.6 Å². The Morgan fingerprint density at radius 2 is 1.66 bits per heavy atom. The molecule has 2 fully saturated rings. The van der Waals surface area contributed by atoms with E-state index in [9.17, 15) is 4.79 Å². The Hall–Kier alpha value is -3.89. The zero-order valence-corrected chi connectivity index (χ0v) is 28.2. The second-order valence-corrected chi connectivity index (χ2v) is 14.4. The normalized spacial score (nSPS) is 16.8. The van der Waals surface area contributed by atoms with Crippen LogP contribution in [0.4, 0.5) is 11.5 Å². The monoisotopic (exact) mass is 663 g/mol. The molecule has 0 spiro atoms. The molecule has 0 atom stereocenters. The Labute approximate surface area is 284 Å². The molecule has 3 aliphatic heterocycles. The maximum absolute atomic E-state index is 12.9. The predicted octanol–water partition coefficient (Wildman–Crippen LogP) is 7.66. The van der Waals surface area contributed by atoms with Gasteiger partial charge in [0.2, 0.25) is 5.91 Å². The Balaban J connectivity index is 1.02. The van der Waals surface area contributed by atoms with E-state index >= 15 is 0 Å². The summed E-state index contributed by atoms with van der Waals surface area (Å²) >= 11 is 8.83. The van der Waals surface area contributed by atoms with Gasteiger partial charge in [-0.3, -0.25) is 19.6 Å². The van der Waals surface area contributed by atoms with Crippen molar-refractivity contribution in [3.63, 3.8) is 0 Å². The summed E-state index contributed by atoms with van der Waals surface area (Å²) in [4.78, 5) is 35.3. The Morgan fingerprint density at radius 3 is 2.47 bits per heavy atom. The van der Waals surface area contributed by atoms with E-state index in [2.05, 4.69) is 57.4 Å². The maximum Gasteiger partial charge on any atom is 0.237 e. The van der Waals surface area contributed by atoms with E-state index in [0.29, 0.717) is 30.5 Å². The highest BCUT2D eigenvalue weighted by molar-refractivity contribution is 7.15. The van der Waals surface area contributed by atoms with Gasteiger partial charge in [0.15, 0.2) is 5.82 Å². The molecule has 5 aromatic rings. The fraction of sp³-hybridized carbons (Fsp3) is 0.351. The zero-order valence-electron chi connectivity index (χ0n) is 26.6. The van der Waals surface area contributed by atoms with E-state index in [1.807, 2.05) is 35.5 Å². The van der Waals surface area contributed by atoms with Crippen molar-refractivity contribution in [2.45, 2.75) is 52.2 Å². The van der Waals surface area contributed by atoms with E-state index in [1.54, 1.807) is 11.3 Å². The summed E-state index contributed by atoms with van der Waals surface area (Å²) in [5, 5.41) is 6.16. The van der Waals surface area contributed by atoms with Gasteiger partial charge in [0.05, 0.1) is 36.0 Å². The van der Waals surface area contributed by atoms with Crippen molar-refractivity contribution in [3.05, 3.63) is 87.6 Å². The van der Waals surface area contributed by atoms with Gasteiger partial charge in [-0.15, -0.1) is 11.3 Å². The number of amides is 1. The first-order valence-electron chi connectivity index (χ1n) is 16.6. The molecule has 6 heterocycles. The second kappa shape index (κ2) is 13.0. The van der Waals surface area contributed by atoms with Gasteiger partial charge in [-0.05, 0) is 93.7 Å². The number of likely N-dealkylation sites (tertiary alicyclic amines) is 2. The molecule has 0 radical (unpaired) electrons. The van der Waals surface area contributed by atoms with Crippen molar-refractivity contribution < 1.29 is 4.79 Å². The van der Waals surface area contributed by atoms with Crippen LogP contribution in [0.5, 0.6) is 0 Å². The van der Waals surface area contributed by atoms with Gasteiger partial charge in [0.25, 0.3) is 0 Å². The third-order valence-corrected chi connectivity index (χ3v) is 11.3. The minimum Gasteiger partial charge on any atom is -0.337 e. The Kier molecular flexibility index (Phi) is 8.39. The lowest BCUT2D eigenvalue weighted by Gasteiger charge is -2.20. The molecule has 8 rings (SSSR count). The summed E-state index contributed by atoms with van der Waals surface area (Å²) in [5.74, 6) is 0.890. The molecule has 0 aliphatic carbocycles.